The minimum Gasteiger partial charge on any atom is -0.467 e. The maximum Gasteiger partial charge on any atom is 0.407 e. The van der Waals surface area contributed by atoms with Gasteiger partial charge in [-0.1, -0.05) is 50.6 Å². The van der Waals surface area contributed by atoms with Crippen LogP contribution in [0.3, 0.4) is 0 Å². The van der Waals surface area contributed by atoms with Gasteiger partial charge in [0.1, 0.15) is 11.6 Å². The fourth-order valence-electron chi connectivity index (χ4n) is 3.41. The van der Waals surface area contributed by atoms with Gasteiger partial charge in [-0.15, -0.1) is 0 Å². The molecule has 0 radical (unpaired) electrons. The summed E-state index contributed by atoms with van der Waals surface area (Å²) in [5.74, 6) is 0.118. The molecular formula is C26H43N3O5S. The standard InChI is InChI=1S/C26H43N3O5S/c1-8-18(2)22(29-25(32)34-26(3,4)5)17-27-21(16-19-12-10-9-11-13-19)23(30)28-20(14-15-35-7)24(31)33-6/h9-13,18,20-22,27H,8,14-17H2,1-7H3,(H,28,30)(H,29,32)/t18?,20-,21-,22+/m0/s1. The lowest BCUT2D eigenvalue weighted by molar-refractivity contribution is -0.145. The average Bonchev–Trinajstić information content (AvgIpc) is 2.81. The van der Waals surface area contributed by atoms with E-state index in [2.05, 4.69) is 22.9 Å². The predicted molar refractivity (Wildman–Crippen MR) is 141 cm³/mol. The Morgan fingerprint density at radius 3 is 2.26 bits per heavy atom. The minimum atomic E-state index is -0.717. The molecule has 3 N–H and O–H groups in total. The number of carbonyl (C=O) groups excluding carboxylic acids is 3. The fourth-order valence-corrected chi connectivity index (χ4v) is 3.89. The van der Waals surface area contributed by atoms with E-state index in [-0.39, 0.29) is 17.9 Å². The van der Waals surface area contributed by atoms with Crippen molar-refractivity contribution < 1.29 is 23.9 Å². The molecule has 1 aromatic carbocycles. The van der Waals surface area contributed by atoms with E-state index >= 15 is 0 Å². The van der Waals surface area contributed by atoms with E-state index in [4.69, 9.17) is 9.47 Å². The molecule has 198 valence electrons. The van der Waals surface area contributed by atoms with E-state index in [1.165, 1.54) is 7.11 Å². The van der Waals surface area contributed by atoms with E-state index in [1.54, 1.807) is 11.8 Å². The highest BCUT2D eigenvalue weighted by molar-refractivity contribution is 7.98. The zero-order valence-corrected chi connectivity index (χ0v) is 23.0. The number of hydrogen-bond donors (Lipinski definition) is 3. The molecule has 1 unspecified atom stereocenters. The number of rotatable bonds is 14. The van der Waals surface area contributed by atoms with Crippen LogP contribution in [-0.4, -0.2) is 67.4 Å². The first-order valence-corrected chi connectivity index (χ1v) is 13.5. The molecule has 0 fully saturated rings. The van der Waals surface area contributed by atoms with Gasteiger partial charge in [-0.25, -0.2) is 9.59 Å². The van der Waals surface area contributed by atoms with Crippen molar-refractivity contribution in [1.82, 2.24) is 16.0 Å². The van der Waals surface area contributed by atoms with Crippen LogP contribution in [0.2, 0.25) is 0 Å². The Morgan fingerprint density at radius 1 is 1.06 bits per heavy atom. The molecule has 0 aliphatic heterocycles. The van der Waals surface area contributed by atoms with Crippen LogP contribution in [0, 0.1) is 5.92 Å². The summed E-state index contributed by atoms with van der Waals surface area (Å²) in [6.07, 6.45) is 3.21. The van der Waals surface area contributed by atoms with Gasteiger partial charge >= 0.3 is 12.1 Å². The van der Waals surface area contributed by atoms with Crippen LogP contribution in [0.25, 0.3) is 0 Å². The van der Waals surface area contributed by atoms with Crippen molar-refractivity contribution in [3.63, 3.8) is 0 Å². The maximum atomic E-state index is 13.3. The minimum absolute atomic E-state index is 0.153. The second kappa shape index (κ2) is 15.7. The summed E-state index contributed by atoms with van der Waals surface area (Å²) in [4.78, 5) is 38.0. The number of alkyl carbamates (subject to hydrolysis) is 1. The SMILES string of the molecule is CCC(C)[C@@H](CN[C@@H](Cc1ccccc1)C(=O)N[C@@H](CCSC)C(=O)OC)NC(=O)OC(C)(C)C. The second-order valence-corrected chi connectivity index (χ2v) is 10.6. The molecule has 4 atom stereocenters. The van der Waals surface area contributed by atoms with Gasteiger partial charge in [0.25, 0.3) is 0 Å². The maximum absolute atomic E-state index is 13.3. The second-order valence-electron chi connectivity index (χ2n) is 9.65. The number of benzene rings is 1. The number of ether oxygens (including phenoxy) is 2. The van der Waals surface area contributed by atoms with Crippen LogP contribution < -0.4 is 16.0 Å². The number of thioether (sulfide) groups is 1. The Balaban J connectivity index is 3.01. The van der Waals surface area contributed by atoms with Crippen LogP contribution in [0.4, 0.5) is 4.79 Å². The largest absolute Gasteiger partial charge is 0.467 e. The Hall–Kier alpha value is -2.26. The molecule has 0 saturated carbocycles. The quantitative estimate of drug-likeness (QED) is 0.330. The highest BCUT2D eigenvalue weighted by atomic mass is 32.2. The summed E-state index contributed by atoms with van der Waals surface area (Å²) in [6.45, 7) is 9.92. The highest BCUT2D eigenvalue weighted by Gasteiger charge is 2.28. The van der Waals surface area contributed by atoms with E-state index in [0.29, 0.717) is 25.1 Å². The van der Waals surface area contributed by atoms with Gasteiger partial charge in [0, 0.05) is 12.6 Å². The summed E-state index contributed by atoms with van der Waals surface area (Å²) >= 11 is 1.60. The third kappa shape index (κ3) is 12.3. The van der Waals surface area contributed by atoms with Crippen molar-refractivity contribution in [2.45, 2.75) is 77.6 Å². The molecule has 1 aromatic rings. The van der Waals surface area contributed by atoms with Crippen molar-refractivity contribution in [3.05, 3.63) is 35.9 Å². The Kier molecular flexibility index (Phi) is 13.8. The molecular weight excluding hydrogens is 466 g/mol. The Bertz CT molecular complexity index is 785. The van der Waals surface area contributed by atoms with Gasteiger partial charge in [-0.2, -0.15) is 11.8 Å². The van der Waals surface area contributed by atoms with Crippen molar-refractivity contribution in [2.24, 2.45) is 5.92 Å². The monoisotopic (exact) mass is 509 g/mol. The number of carbonyl (C=O) groups is 3. The van der Waals surface area contributed by atoms with Crippen molar-refractivity contribution in [1.29, 1.82) is 0 Å². The lowest BCUT2D eigenvalue weighted by Gasteiger charge is -2.29. The van der Waals surface area contributed by atoms with Gasteiger partial charge in [0.2, 0.25) is 5.91 Å². The van der Waals surface area contributed by atoms with Crippen molar-refractivity contribution in [2.75, 3.05) is 25.7 Å². The van der Waals surface area contributed by atoms with E-state index in [1.807, 2.05) is 64.3 Å². The highest BCUT2D eigenvalue weighted by Crippen LogP contribution is 2.12. The van der Waals surface area contributed by atoms with Gasteiger partial charge < -0.3 is 25.4 Å². The van der Waals surface area contributed by atoms with E-state index in [0.717, 1.165) is 12.0 Å². The first-order valence-electron chi connectivity index (χ1n) is 12.1. The molecule has 35 heavy (non-hydrogen) atoms. The first kappa shape index (κ1) is 30.8. The van der Waals surface area contributed by atoms with E-state index in [9.17, 15) is 14.4 Å². The van der Waals surface area contributed by atoms with Crippen LogP contribution in [0.15, 0.2) is 30.3 Å². The fraction of sp³-hybridized carbons (Fsp3) is 0.654. The topological polar surface area (TPSA) is 106 Å². The van der Waals surface area contributed by atoms with Crippen molar-refractivity contribution >= 4 is 29.7 Å². The normalized spacial score (nSPS) is 14.8. The molecule has 0 aliphatic rings. The summed E-state index contributed by atoms with van der Waals surface area (Å²) in [5, 5.41) is 9.14. The molecule has 9 heteroatoms. The molecule has 2 amide bonds. The molecule has 0 aromatic heterocycles. The molecule has 0 bridgehead atoms. The van der Waals surface area contributed by atoms with Gasteiger partial charge in [-0.05, 0) is 57.1 Å². The van der Waals surface area contributed by atoms with Gasteiger partial charge in [0.05, 0.1) is 13.2 Å². The zero-order chi connectivity index (χ0) is 26.4. The van der Waals surface area contributed by atoms with Crippen LogP contribution >= 0.6 is 11.8 Å². The smallest absolute Gasteiger partial charge is 0.407 e. The molecule has 0 aliphatic carbocycles. The predicted octanol–water partition coefficient (Wildman–Crippen LogP) is 3.54. The summed E-state index contributed by atoms with van der Waals surface area (Å²) < 4.78 is 10.3. The molecule has 0 spiro atoms. The first-order chi connectivity index (χ1) is 16.5. The number of esters is 1. The van der Waals surface area contributed by atoms with Crippen LogP contribution in [0.5, 0.6) is 0 Å². The van der Waals surface area contributed by atoms with E-state index < -0.39 is 29.7 Å². The Morgan fingerprint density at radius 2 is 1.71 bits per heavy atom. The van der Waals surface area contributed by atoms with Gasteiger partial charge in [-0.3, -0.25) is 4.79 Å². The Labute approximate surface area is 214 Å². The van der Waals surface area contributed by atoms with Gasteiger partial charge in [0.15, 0.2) is 0 Å². The van der Waals surface area contributed by atoms with Crippen molar-refractivity contribution in [3.8, 4) is 0 Å². The molecule has 0 heterocycles. The third-order valence-electron chi connectivity index (χ3n) is 5.63. The zero-order valence-electron chi connectivity index (χ0n) is 22.2. The summed E-state index contributed by atoms with van der Waals surface area (Å²) in [5.41, 5.74) is 0.381. The number of hydrogen-bond acceptors (Lipinski definition) is 7. The average molecular weight is 510 g/mol. The summed E-state index contributed by atoms with van der Waals surface area (Å²) in [6, 6.07) is 8.12. The van der Waals surface area contributed by atoms with Crippen LogP contribution in [-0.2, 0) is 25.5 Å². The molecule has 8 nitrogen and oxygen atoms in total. The molecule has 1 rings (SSSR count). The van der Waals surface area contributed by atoms with Crippen LogP contribution in [0.1, 0.15) is 53.0 Å². The third-order valence-corrected chi connectivity index (χ3v) is 6.27. The molecule has 0 saturated heterocycles. The number of nitrogens with one attached hydrogen (secondary N) is 3. The summed E-state index contributed by atoms with van der Waals surface area (Å²) in [7, 11) is 1.32. The lowest BCUT2D eigenvalue weighted by atomic mass is 9.98. The number of methoxy groups -OCH3 is 1. The lowest BCUT2D eigenvalue weighted by Crippen LogP contribution is -2.55. The number of amides is 2.